The lowest BCUT2D eigenvalue weighted by Gasteiger charge is -2.13. The molecule has 1 aromatic carbocycles. The van der Waals surface area contributed by atoms with Gasteiger partial charge in [-0.2, -0.15) is 0 Å². The molecule has 0 unspecified atom stereocenters. The fraction of sp³-hybridized carbons (Fsp3) is 0.273. The summed E-state index contributed by atoms with van der Waals surface area (Å²) in [6, 6.07) is 1.65. The van der Waals surface area contributed by atoms with Gasteiger partial charge in [0.2, 0.25) is 0 Å². The van der Waals surface area contributed by atoms with Crippen LogP contribution in [0.1, 0.15) is 5.56 Å². The second kappa shape index (κ2) is 5.77. The van der Waals surface area contributed by atoms with E-state index < -0.39 is 0 Å². The molecule has 0 aromatic heterocycles. The van der Waals surface area contributed by atoms with Crippen LogP contribution in [0.25, 0.3) is 6.08 Å². The highest BCUT2D eigenvalue weighted by Gasteiger charge is 2.15. The van der Waals surface area contributed by atoms with Gasteiger partial charge in [-0.1, -0.05) is 12.2 Å². The highest BCUT2D eigenvalue weighted by molar-refractivity contribution is 9.10. The van der Waals surface area contributed by atoms with Crippen molar-refractivity contribution < 1.29 is 14.6 Å². The van der Waals surface area contributed by atoms with E-state index in [1.165, 1.54) is 14.2 Å². The predicted molar refractivity (Wildman–Crippen MR) is 67.0 cm³/mol. The average molecular weight is 288 g/mol. The summed E-state index contributed by atoms with van der Waals surface area (Å²) in [7, 11) is 3.06. The molecule has 16 heavy (non-hydrogen) atoms. The lowest BCUT2D eigenvalue weighted by Crippen LogP contribution is -1.96. The van der Waals surface area contributed by atoms with E-state index in [2.05, 4.69) is 15.9 Å². The summed E-state index contributed by atoms with van der Waals surface area (Å²) in [5, 5.41) is 9.88. The Hall–Kier alpha value is -1.20. The number of benzene rings is 1. The molecule has 1 aromatic rings. The third kappa shape index (κ3) is 2.48. The van der Waals surface area contributed by atoms with Crippen LogP contribution in [0.4, 0.5) is 0 Å². The molecule has 0 saturated heterocycles. The highest BCUT2D eigenvalue weighted by atomic mass is 79.9. The van der Waals surface area contributed by atoms with Crippen LogP contribution in [-0.4, -0.2) is 25.9 Å². The van der Waals surface area contributed by atoms with Crippen molar-refractivity contribution in [2.24, 2.45) is 5.73 Å². The van der Waals surface area contributed by atoms with Crippen LogP contribution in [0.3, 0.4) is 0 Å². The Kier molecular flexibility index (Phi) is 4.64. The average Bonchev–Trinajstić information content (AvgIpc) is 2.30. The molecule has 0 atom stereocenters. The Morgan fingerprint density at radius 3 is 2.62 bits per heavy atom. The summed E-state index contributed by atoms with van der Waals surface area (Å²) in [6.45, 7) is 0.386. The SMILES string of the molecule is COc1cc(Br)c(O)c(/C=C/CN)c1OC. The van der Waals surface area contributed by atoms with Crippen molar-refractivity contribution in [2.45, 2.75) is 0 Å². The van der Waals surface area contributed by atoms with E-state index in [1.54, 1.807) is 18.2 Å². The van der Waals surface area contributed by atoms with E-state index >= 15 is 0 Å². The number of ether oxygens (including phenoxy) is 2. The van der Waals surface area contributed by atoms with E-state index in [9.17, 15) is 5.11 Å². The molecule has 0 aliphatic rings. The minimum absolute atomic E-state index is 0.0994. The molecule has 0 bridgehead atoms. The molecule has 0 spiro atoms. The van der Waals surface area contributed by atoms with Crippen molar-refractivity contribution in [3.8, 4) is 17.2 Å². The fourth-order valence-corrected chi connectivity index (χ4v) is 1.74. The first-order chi connectivity index (χ1) is 7.65. The molecule has 1 rings (SSSR count). The van der Waals surface area contributed by atoms with E-state index in [1.807, 2.05) is 0 Å². The second-order valence-corrected chi connectivity index (χ2v) is 3.85. The topological polar surface area (TPSA) is 64.7 Å². The minimum atomic E-state index is 0.0994. The number of nitrogens with two attached hydrogens (primary N) is 1. The van der Waals surface area contributed by atoms with Gasteiger partial charge in [-0.3, -0.25) is 0 Å². The number of hydrogen-bond donors (Lipinski definition) is 2. The van der Waals surface area contributed by atoms with E-state index in [4.69, 9.17) is 15.2 Å². The summed E-state index contributed by atoms with van der Waals surface area (Å²) in [5.41, 5.74) is 5.92. The number of phenolic OH excluding ortho intramolecular Hbond substituents is 1. The molecule has 0 saturated carbocycles. The molecule has 0 heterocycles. The third-order valence-corrected chi connectivity index (χ3v) is 2.66. The van der Waals surface area contributed by atoms with Gasteiger partial charge in [-0.25, -0.2) is 0 Å². The number of halogens is 1. The van der Waals surface area contributed by atoms with Crippen molar-refractivity contribution in [3.63, 3.8) is 0 Å². The predicted octanol–water partition coefficient (Wildman–Crippen LogP) is 2.14. The van der Waals surface area contributed by atoms with Crippen LogP contribution in [0.15, 0.2) is 16.6 Å². The van der Waals surface area contributed by atoms with Gasteiger partial charge in [-0.15, -0.1) is 0 Å². The molecule has 5 heteroatoms. The zero-order chi connectivity index (χ0) is 12.1. The van der Waals surface area contributed by atoms with Gasteiger partial charge in [-0.05, 0) is 15.9 Å². The molecule has 0 aliphatic heterocycles. The molecule has 88 valence electrons. The van der Waals surface area contributed by atoms with Gasteiger partial charge in [0.05, 0.1) is 24.3 Å². The van der Waals surface area contributed by atoms with Crippen LogP contribution >= 0.6 is 15.9 Å². The monoisotopic (exact) mass is 287 g/mol. The largest absolute Gasteiger partial charge is 0.506 e. The summed E-state index contributed by atoms with van der Waals surface area (Å²) in [6.07, 6.45) is 3.42. The summed E-state index contributed by atoms with van der Waals surface area (Å²) in [4.78, 5) is 0. The van der Waals surface area contributed by atoms with Gasteiger partial charge in [0.25, 0.3) is 0 Å². The zero-order valence-electron chi connectivity index (χ0n) is 9.16. The first kappa shape index (κ1) is 12.9. The van der Waals surface area contributed by atoms with Crippen molar-refractivity contribution >= 4 is 22.0 Å². The van der Waals surface area contributed by atoms with Gasteiger partial charge in [0, 0.05) is 12.6 Å². The normalized spacial score (nSPS) is 10.8. The molecule has 0 aliphatic carbocycles. The van der Waals surface area contributed by atoms with Gasteiger partial charge in [0.1, 0.15) is 5.75 Å². The molecule has 0 amide bonds. The van der Waals surface area contributed by atoms with Crippen LogP contribution in [0.5, 0.6) is 17.2 Å². The van der Waals surface area contributed by atoms with Crippen molar-refractivity contribution in [1.82, 2.24) is 0 Å². The molecular weight excluding hydrogens is 274 g/mol. The number of phenols is 1. The van der Waals surface area contributed by atoms with Crippen LogP contribution < -0.4 is 15.2 Å². The Labute approximate surface area is 103 Å². The van der Waals surface area contributed by atoms with Crippen molar-refractivity contribution in [3.05, 3.63) is 22.2 Å². The standard InChI is InChI=1S/C11H14BrNO3/c1-15-9-6-8(12)10(14)7(4-3-5-13)11(9)16-2/h3-4,6,14H,5,13H2,1-2H3/b4-3+. The maximum absolute atomic E-state index is 9.88. The first-order valence-corrected chi connectivity index (χ1v) is 5.45. The van der Waals surface area contributed by atoms with Gasteiger partial charge >= 0.3 is 0 Å². The quantitative estimate of drug-likeness (QED) is 0.891. The van der Waals surface area contributed by atoms with Crippen LogP contribution in [-0.2, 0) is 0 Å². The number of aromatic hydroxyl groups is 1. The summed E-state index contributed by atoms with van der Waals surface area (Å²) < 4.78 is 10.9. The number of methoxy groups -OCH3 is 2. The Morgan fingerprint density at radius 2 is 2.12 bits per heavy atom. The third-order valence-electron chi connectivity index (χ3n) is 2.05. The summed E-state index contributed by atoms with van der Waals surface area (Å²) >= 11 is 3.24. The van der Waals surface area contributed by atoms with Crippen molar-refractivity contribution in [2.75, 3.05) is 20.8 Å². The minimum Gasteiger partial charge on any atom is -0.506 e. The van der Waals surface area contributed by atoms with E-state index in [0.29, 0.717) is 28.1 Å². The highest BCUT2D eigenvalue weighted by Crippen LogP contribution is 2.42. The number of rotatable bonds is 4. The van der Waals surface area contributed by atoms with Crippen LogP contribution in [0.2, 0.25) is 0 Å². The lowest BCUT2D eigenvalue weighted by atomic mass is 10.1. The van der Waals surface area contributed by atoms with E-state index in [0.717, 1.165) is 0 Å². The van der Waals surface area contributed by atoms with Gasteiger partial charge in [0.15, 0.2) is 11.5 Å². The number of hydrogen-bond acceptors (Lipinski definition) is 4. The Morgan fingerprint density at radius 1 is 1.44 bits per heavy atom. The molecule has 4 nitrogen and oxygen atoms in total. The van der Waals surface area contributed by atoms with E-state index in [-0.39, 0.29) is 5.75 Å². The smallest absolute Gasteiger partial charge is 0.171 e. The van der Waals surface area contributed by atoms with Gasteiger partial charge < -0.3 is 20.3 Å². The maximum atomic E-state index is 9.88. The summed E-state index contributed by atoms with van der Waals surface area (Å²) in [5.74, 6) is 1.12. The Balaban J connectivity index is 3.40. The molecule has 0 radical (unpaired) electrons. The van der Waals surface area contributed by atoms with Crippen LogP contribution in [0, 0.1) is 0 Å². The first-order valence-electron chi connectivity index (χ1n) is 4.65. The molecular formula is C11H14BrNO3. The second-order valence-electron chi connectivity index (χ2n) is 2.99. The zero-order valence-corrected chi connectivity index (χ0v) is 10.7. The fourth-order valence-electron chi connectivity index (χ4n) is 1.32. The lowest BCUT2D eigenvalue weighted by molar-refractivity contribution is 0.350. The molecule has 0 fully saturated rings. The maximum Gasteiger partial charge on any atom is 0.171 e. The Bertz CT molecular complexity index is 405. The van der Waals surface area contributed by atoms with Crippen molar-refractivity contribution in [1.29, 1.82) is 0 Å². The molecule has 3 N–H and O–H groups in total.